The fourth-order valence-corrected chi connectivity index (χ4v) is 14.5. The lowest BCUT2D eigenvalue weighted by molar-refractivity contribution is -0.205. The van der Waals surface area contributed by atoms with Crippen LogP contribution in [-0.2, 0) is 9.53 Å². The summed E-state index contributed by atoms with van der Waals surface area (Å²) in [6.45, 7) is 7.43. The first kappa shape index (κ1) is 42.6. The first-order valence-electron chi connectivity index (χ1n) is 22.5. The summed E-state index contributed by atoms with van der Waals surface area (Å²) >= 11 is 0. The van der Waals surface area contributed by atoms with Gasteiger partial charge in [0, 0.05) is 42.5 Å². The van der Waals surface area contributed by atoms with E-state index >= 15 is 4.79 Å². The number of aliphatic hydroxyl groups excluding tert-OH is 5. The maximum absolute atomic E-state index is 15.2. The Morgan fingerprint density at radius 2 is 1.83 bits per heavy atom. The van der Waals surface area contributed by atoms with Gasteiger partial charge in [-0.25, -0.2) is 0 Å². The van der Waals surface area contributed by atoms with Crippen molar-refractivity contribution in [3.05, 3.63) is 47.3 Å². The highest BCUT2D eigenvalue weighted by atomic mass is 16.5. The number of carbonyl (C=O) groups excluding carboxylic acids is 1. The Morgan fingerprint density at radius 3 is 2.52 bits per heavy atom. The minimum atomic E-state index is -1.74. The van der Waals surface area contributed by atoms with E-state index in [-0.39, 0.29) is 79.8 Å². The first-order chi connectivity index (χ1) is 27.5. The Morgan fingerprint density at radius 1 is 1.07 bits per heavy atom. The predicted octanol–water partition coefficient (Wildman–Crippen LogP) is 2.69. The number of Topliss-reactive ketones (excluding diaryl/α,β-unsaturated/α-hetero) is 1. The highest BCUT2D eigenvalue weighted by molar-refractivity contribution is 6.00. The second-order valence-corrected chi connectivity index (χ2v) is 20.5. The highest BCUT2D eigenvalue weighted by Gasteiger charge is 2.73. The lowest BCUT2D eigenvalue weighted by Crippen LogP contribution is -2.67. The van der Waals surface area contributed by atoms with Crippen LogP contribution in [0.1, 0.15) is 105 Å². The second kappa shape index (κ2) is 15.6. The lowest BCUT2D eigenvalue weighted by Gasteiger charge is -2.64. The molecule has 1 saturated heterocycles. The SMILES string of the molecule is CCCC1CCC2OC(C(O)C(C)(O)C3CCC4(O)C5=C(NCC(C)O)C(=O)C6CC(O)C(O)CC67CC(C6=CNC(N)C=C6)C=CC(CC34C)C57)C(CO)C2CC1. The van der Waals surface area contributed by atoms with E-state index in [1.54, 1.807) is 13.8 Å². The molecule has 4 saturated carbocycles. The fourth-order valence-electron chi connectivity index (χ4n) is 14.5. The third kappa shape index (κ3) is 6.62. The number of rotatable bonds is 10. The average molecular weight is 810 g/mol. The largest absolute Gasteiger partial charge is 0.396 e. The average Bonchev–Trinajstić information content (AvgIpc) is 3.52. The monoisotopic (exact) mass is 810 g/mol. The van der Waals surface area contributed by atoms with Gasteiger partial charge in [0.1, 0.15) is 6.10 Å². The van der Waals surface area contributed by atoms with Crippen LogP contribution in [0.2, 0.25) is 0 Å². The maximum Gasteiger partial charge on any atom is 0.182 e. The molecule has 12 nitrogen and oxygen atoms in total. The van der Waals surface area contributed by atoms with Crippen molar-refractivity contribution in [2.24, 2.45) is 63.9 Å². The van der Waals surface area contributed by atoms with Crippen LogP contribution in [0, 0.1) is 58.2 Å². The summed E-state index contributed by atoms with van der Waals surface area (Å²) in [5.74, 6) is -1.91. The van der Waals surface area contributed by atoms with Gasteiger partial charge in [0.05, 0.1) is 53.6 Å². The summed E-state index contributed by atoms with van der Waals surface area (Å²) < 4.78 is 6.68. The molecule has 0 aromatic heterocycles. The van der Waals surface area contributed by atoms with E-state index in [1.165, 1.54) is 6.42 Å². The van der Waals surface area contributed by atoms with Gasteiger partial charge in [-0.05, 0) is 124 Å². The Hall–Kier alpha value is -2.13. The van der Waals surface area contributed by atoms with Crippen molar-refractivity contribution in [1.82, 2.24) is 10.6 Å². The van der Waals surface area contributed by atoms with Gasteiger partial charge >= 0.3 is 0 Å². The molecule has 0 radical (unpaired) electrons. The van der Waals surface area contributed by atoms with Crippen LogP contribution in [0.3, 0.4) is 0 Å². The van der Waals surface area contributed by atoms with Crippen molar-refractivity contribution in [2.45, 2.75) is 159 Å². The van der Waals surface area contributed by atoms with Crippen LogP contribution in [0.15, 0.2) is 47.3 Å². The zero-order valence-electron chi connectivity index (χ0n) is 35.0. The molecule has 0 aromatic carbocycles. The molecule has 19 unspecified atom stereocenters. The number of nitrogens with two attached hydrogens (primary N) is 1. The normalized spacial score (nSPS) is 48.0. The smallest absolute Gasteiger partial charge is 0.182 e. The van der Waals surface area contributed by atoms with Crippen molar-refractivity contribution >= 4 is 5.78 Å². The molecule has 12 heteroatoms. The maximum atomic E-state index is 15.2. The molecule has 0 aromatic rings. The summed E-state index contributed by atoms with van der Waals surface area (Å²) in [5, 5.41) is 89.3. The fraction of sp³-hybridized carbons (Fsp3) is 0.804. The number of dihydropyridines is 1. The number of ketones is 1. The van der Waals surface area contributed by atoms with Crippen molar-refractivity contribution in [3.63, 3.8) is 0 Å². The lowest BCUT2D eigenvalue weighted by atomic mass is 9.41. The Kier molecular flexibility index (Phi) is 11.5. The van der Waals surface area contributed by atoms with E-state index in [0.717, 1.165) is 37.7 Å². The number of hydrogen-bond acceptors (Lipinski definition) is 12. The van der Waals surface area contributed by atoms with E-state index in [4.69, 9.17) is 10.5 Å². The minimum Gasteiger partial charge on any atom is -0.396 e. The van der Waals surface area contributed by atoms with Gasteiger partial charge in [-0.3, -0.25) is 4.79 Å². The van der Waals surface area contributed by atoms with Crippen LogP contribution in [0.4, 0.5) is 0 Å². The summed E-state index contributed by atoms with van der Waals surface area (Å²) in [7, 11) is 0. The topological polar surface area (TPSA) is 218 Å². The number of fused-ring (bicyclic) bond motifs is 3. The first-order valence-corrected chi connectivity index (χ1v) is 22.5. The van der Waals surface area contributed by atoms with Crippen LogP contribution in [0.25, 0.3) is 0 Å². The number of aliphatic hydroxyl groups is 7. The van der Waals surface area contributed by atoms with E-state index in [1.807, 2.05) is 25.3 Å². The van der Waals surface area contributed by atoms with Crippen LogP contribution in [0.5, 0.6) is 0 Å². The molecular weight excluding hydrogens is 739 g/mol. The molecule has 11 N–H and O–H groups in total. The van der Waals surface area contributed by atoms with Crippen LogP contribution >= 0.6 is 0 Å². The Bertz CT molecular complexity index is 1690. The minimum absolute atomic E-state index is 0.0741. The molecule has 324 valence electrons. The van der Waals surface area contributed by atoms with Crippen LogP contribution < -0.4 is 16.4 Å². The van der Waals surface area contributed by atoms with Gasteiger partial charge in [-0.15, -0.1) is 0 Å². The molecular formula is C46H71N3O9. The van der Waals surface area contributed by atoms with E-state index in [0.29, 0.717) is 30.8 Å². The molecule has 8 aliphatic rings. The van der Waals surface area contributed by atoms with Gasteiger partial charge < -0.3 is 56.8 Å². The number of nitrogens with one attached hydrogen (secondary N) is 2. The molecule has 0 bridgehead atoms. The Labute approximate surface area is 344 Å². The van der Waals surface area contributed by atoms with Gasteiger partial charge in [0.25, 0.3) is 0 Å². The van der Waals surface area contributed by atoms with Crippen molar-refractivity contribution < 1.29 is 45.3 Å². The summed E-state index contributed by atoms with van der Waals surface area (Å²) in [4.78, 5) is 15.2. The van der Waals surface area contributed by atoms with E-state index in [2.05, 4.69) is 29.7 Å². The van der Waals surface area contributed by atoms with Crippen molar-refractivity contribution in [2.75, 3.05) is 13.2 Å². The summed E-state index contributed by atoms with van der Waals surface area (Å²) in [6, 6.07) is 0. The molecule has 58 heavy (non-hydrogen) atoms. The number of ether oxygens (including phenoxy) is 1. The number of carbonyl (C=O) groups is 1. The summed E-state index contributed by atoms with van der Waals surface area (Å²) in [5.41, 5.74) is 2.74. The molecule has 5 fully saturated rings. The van der Waals surface area contributed by atoms with Gasteiger partial charge in [-0.1, -0.05) is 51.3 Å². The predicted molar refractivity (Wildman–Crippen MR) is 218 cm³/mol. The molecule has 0 amide bonds. The van der Waals surface area contributed by atoms with Gasteiger partial charge in [-0.2, -0.15) is 0 Å². The zero-order chi connectivity index (χ0) is 41.5. The molecule has 8 rings (SSSR count). The molecule has 2 heterocycles. The third-order valence-corrected chi connectivity index (χ3v) is 17.2. The third-order valence-electron chi connectivity index (χ3n) is 17.2. The highest BCUT2D eigenvalue weighted by Crippen LogP contribution is 2.73. The quantitative estimate of drug-likeness (QED) is 0.144. The number of hydrogen-bond donors (Lipinski definition) is 10. The molecule has 1 spiro atoms. The molecule has 6 aliphatic carbocycles. The van der Waals surface area contributed by atoms with E-state index < -0.39 is 70.3 Å². The second-order valence-electron chi connectivity index (χ2n) is 20.5. The van der Waals surface area contributed by atoms with Crippen LogP contribution in [-0.4, -0.2) is 109 Å². The zero-order valence-corrected chi connectivity index (χ0v) is 35.0. The summed E-state index contributed by atoms with van der Waals surface area (Å²) in [6.07, 6.45) is 12.7. The standard InChI is InChI=1S/C46H71N3O9/c1-5-6-25-7-12-29-30(23-50)41(58-34(29)13-8-25)42(55)44(4,56)35-15-16-46(57)38-37-27(18-43(35,46)3)10-9-26(28-11-14-36(47)48-22-28)19-45(37)20-33(53)32(52)17-31(45)40(54)39(38)49-21-24(2)51/h9-11,14,22,24-27,29-37,41-42,48-53,55-57H,5-8,12-13,15-21,23,47H2,1-4H3. The molecule has 19 atom stereocenters. The van der Waals surface area contributed by atoms with Gasteiger partial charge in [0.2, 0.25) is 0 Å². The van der Waals surface area contributed by atoms with E-state index in [9.17, 15) is 35.7 Å². The molecule has 2 aliphatic heterocycles. The van der Waals surface area contributed by atoms with Crippen molar-refractivity contribution in [3.8, 4) is 0 Å². The number of allylic oxidation sites excluding steroid dienone is 5. The Balaban J connectivity index is 1.21. The van der Waals surface area contributed by atoms with Crippen molar-refractivity contribution in [1.29, 1.82) is 0 Å². The van der Waals surface area contributed by atoms with Gasteiger partial charge in [0.15, 0.2) is 5.78 Å².